The van der Waals surface area contributed by atoms with Gasteiger partial charge in [-0.05, 0) is 38.2 Å². The van der Waals surface area contributed by atoms with Crippen molar-refractivity contribution in [1.82, 2.24) is 9.97 Å². The SMILES string of the molecule is CC1=C(O)/C(=N/N=c2\[n-]cc([N+](=O)[O-])s2)C=CC1=O.[CH2-]OC1=C(C)C(=O)C=C/C1=N\N=c1/[n-]cc([N+](=O)[O-])s1.[Co+3]. The van der Waals surface area contributed by atoms with Crippen molar-refractivity contribution in [3.8, 4) is 0 Å². The quantitative estimate of drug-likeness (QED) is 0.218. The second-order valence-electron chi connectivity index (χ2n) is 7.11. The number of rotatable bonds is 5. The zero-order valence-electron chi connectivity index (χ0n) is 20.2. The third-order valence-corrected chi connectivity index (χ3v) is 6.32. The number of aliphatic hydroxyl groups is 1. The summed E-state index contributed by atoms with van der Waals surface area (Å²) in [6, 6.07) is 0. The van der Waals surface area contributed by atoms with Crippen molar-refractivity contribution < 1.29 is 46.1 Å². The van der Waals surface area contributed by atoms with Gasteiger partial charge in [-0.2, -0.15) is 7.11 Å². The van der Waals surface area contributed by atoms with E-state index in [2.05, 4.69) is 37.5 Å². The maximum atomic E-state index is 11.4. The van der Waals surface area contributed by atoms with E-state index in [0.29, 0.717) is 11.3 Å². The molecule has 2 aliphatic carbocycles. The third-order valence-electron chi connectivity index (χ3n) is 4.65. The molecule has 0 saturated heterocycles. The van der Waals surface area contributed by atoms with Crippen molar-refractivity contribution in [3.63, 3.8) is 0 Å². The first-order valence-corrected chi connectivity index (χ1v) is 11.9. The van der Waals surface area contributed by atoms with Crippen LogP contribution in [0.4, 0.5) is 10.0 Å². The van der Waals surface area contributed by atoms with Gasteiger partial charge < -0.3 is 30.0 Å². The molecular formula is C21H15CoN8O8S2. The number of carbonyl (C=O) groups is 2. The normalized spacial score (nSPS) is 17.8. The summed E-state index contributed by atoms with van der Waals surface area (Å²) in [5.74, 6) is -0.552. The van der Waals surface area contributed by atoms with Crippen LogP contribution in [0.15, 0.2) is 79.8 Å². The summed E-state index contributed by atoms with van der Waals surface area (Å²) < 4.78 is 4.86. The molecule has 0 saturated carbocycles. The minimum atomic E-state index is -0.579. The first-order chi connectivity index (χ1) is 18.5. The van der Waals surface area contributed by atoms with E-state index in [-0.39, 0.29) is 70.8 Å². The van der Waals surface area contributed by atoms with E-state index in [9.17, 15) is 34.9 Å². The van der Waals surface area contributed by atoms with Gasteiger partial charge in [0, 0.05) is 33.1 Å². The number of allylic oxidation sites excluding steroid dienone is 6. The number of ether oxygens (including phenoxy) is 1. The van der Waals surface area contributed by atoms with Crippen LogP contribution in [0.25, 0.3) is 0 Å². The molecule has 16 nitrogen and oxygen atoms in total. The van der Waals surface area contributed by atoms with Gasteiger partial charge >= 0.3 is 26.8 Å². The molecule has 2 aromatic rings. The fraction of sp³-hybridized carbons (Fsp3) is 0.0952. The molecule has 0 aromatic carbocycles. The maximum absolute atomic E-state index is 11.4. The van der Waals surface area contributed by atoms with E-state index < -0.39 is 9.85 Å². The molecule has 0 radical (unpaired) electrons. The molecule has 0 spiro atoms. The van der Waals surface area contributed by atoms with Gasteiger partial charge in [0.25, 0.3) is 0 Å². The molecule has 0 amide bonds. The van der Waals surface area contributed by atoms with E-state index in [1.165, 1.54) is 31.2 Å². The Kier molecular flexibility index (Phi) is 11.1. The third kappa shape index (κ3) is 7.72. The fourth-order valence-electron chi connectivity index (χ4n) is 2.64. The molecule has 2 aliphatic rings. The zero-order valence-corrected chi connectivity index (χ0v) is 22.9. The van der Waals surface area contributed by atoms with Crippen molar-refractivity contribution >= 4 is 55.7 Å². The largest absolute Gasteiger partial charge is 3.00 e. The molecule has 19 heteroatoms. The van der Waals surface area contributed by atoms with Gasteiger partial charge in [0.1, 0.15) is 22.9 Å². The number of ketones is 2. The van der Waals surface area contributed by atoms with Crippen molar-refractivity contribution in [3.05, 3.63) is 96.3 Å². The van der Waals surface area contributed by atoms with Crippen LogP contribution in [-0.2, 0) is 31.1 Å². The fourth-order valence-corrected chi connectivity index (χ4v) is 3.74. The van der Waals surface area contributed by atoms with Gasteiger partial charge in [-0.15, -0.1) is 0 Å². The molecule has 0 atom stereocenters. The molecule has 208 valence electrons. The number of nitro groups is 2. The number of aliphatic hydroxyl groups excluding tert-OH is 1. The Labute approximate surface area is 241 Å². The van der Waals surface area contributed by atoms with Crippen molar-refractivity contribution in [2.24, 2.45) is 20.4 Å². The summed E-state index contributed by atoms with van der Waals surface area (Å²) in [5, 5.41) is 45.4. The van der Waals surface area contributed by atoms with E-state index in [1.54, 1.807) is 6.92 Å². The van der Waals surface area contributed by atoms with Crippen LogP contribution < -0.4 is 19.6 Å². The van der Waals surface area contributed by atoms with E-state index >= 15 is 0 Å². The first kappa shape index (κ1) is 31.6. The average molecular weight is 630 g/mol. The molecule has 0 unspecified atom stereocenters. The summed E-state index contributed by atoms with van der Waals surface area (Å²) in [5.41, 5.74) is 0.938. The van der Waals surface area contributed by atoms with E-state index in [1.807, 2.05) is 0 Å². The van der Waals surface area contributed by atoms with Crippen LogP contribution in [0.1, 0.15) is 13.8 Å². The summed E-state index contributed by atoms with van der Waals surface area (Å²) in [6.45, 7) is 3.04. The summed E-state index contributed by atoms with van der Waals surface area (Å²) in [4.78, 5) is 50.2. The Hall–Kier alpha value is -4.59. The number of carbonyl (C=O) groups excluding carboxylic acids is 2. The second-order valence-corrected chi connectivity index (χ2v) is 9.09. The molecule has 4 rings (SSSR count). The average Bonchev–Trinajstić information content (AvgIpc) is 3.58. The molecule has 40 heavy (non-hydrogen) atoms. The van der Waals surface area contributed by atoms with Crippen LogP contribution >= 0.6 is 22.7 Å². The van der Waals surface area contributed by atoms with E-state index in [0.717, 1.165) is 35.1 Å². The van der Waals surface area contributed by atoms with Gasteiger partial charge in [0.15, 0.2) is 11.6 Å². The minimum Gasteiger partial charge on any atom is -0.664 e. The van der Waals surface area contributed by atoms with Gasteiger partial charge in [-0.25, -0.2) is 0 Å². The van der Waals surface area contributed by atoms with Crippen LogP contribution in [0, 0.1) is 27.3 Å². The number of nitrogens with zero attached hydrogens (tertiary/aromatic N) is 8. The van der Waals surface area contributed by atoms with Crippen molar-refractivity contribution in [2.75, 3.05) is 0 Å². The molecular weight excluding hydrogens is 615 g/mol. The summed E-state index contributed by atoms with van der Waals surface area (Å²) in [7, 11) is 3.26. The predicted octanol–water partition coefficient (Wildman–Crippen LogP) is 1.93. The minimum absolute atomic E-state index is 0. The Morgan fingerprint density at radius 2 is 1.27 bits per heavy atom. The molecule has 2 aromatic heterocycles. The molecule has 0 aliphatic heterocycles. The van der Waals surface area contributed by atoms with E-state index in [4.69, 9.17) is 4.74 Å². The summed E-state index contributed by atoms with van der Waals surface area (Å²) in [6.07, 6.45) is 7.51. The van der Waals surface area contributed by atoms with Crippen LogP contribution in [0.2, 0.25) is 0 Å². The standard InChI is InChI=1S/C11H9N4O4S.C10H8N4O4S.Co/c1-6-8(16)4-3-7(10(6)19-2)13-14-11-12-5-9(20-11)15(17)18;1-5-7(15)3-2-6(9(5)16)12-13-10-11-4-8(19-10)14(17)18;/h3-5H,2H2,1H3,(H,12,14,16);2-4H,1H3,(H2,11,13,15,16);/q-1;;+3/p-2. The van der Waals surface area contributed by atoms with Crippen LogP contribution in [0.3, 0.4) is 0 Å². The number of aromatic nitrogens is 2. The monoisotopic (exact) mass is 630 g/mol. The molecule has 0 bridgehead atoms. The van der Waals surface area contributed by atoms with Crippen LogP contribution in [-0.4, -0.2) is 37.9 Å². The Balaban J connectivity index is 0.000000274. The zero-order chi connectivity index (χ0) is 28.7. The van der Waals surface area contributed by atoms with Crippen LogP contribution in [0.5, 0.6) is 0 Å². The Morgan fingerprint density at radius 1 is 0.825 bits per heavy atom. The molecule has 0 fully saturated rings. The smallest absolute Gasteiger partial charge is 0.664 e. The number of hydrogen-bond acceptors (Lipinski definition) is 14. The number of hydrogen-bond donors (Lipinski definition) is 1. The van der Waals surface area contributed by atoms with Crippen molar-refractivity contribution in [2.45, 2.75) is 13.8 Å². The maximum Gasteiger partial charge on any atom is 3.00 e. The topological polar surface area (TPSA) is 228 Å². The predicted molar refractivity (Wildman–Crippen MR) is 137 cm³/mol. The Morgan fingerprint density at radius 3 is 1.73 bits per heavy atom. The second kappa shape index (κ2) is 14.0. The number of thiazole rings is 2. The van der Waals surface area contributed by atoms with Gasteiger partial charge in [-0.1, -0.05) is 22.7 Å². The van der Waals surface area contributed by atoms with Crippen molar-refractivity contribution in [1.29, 1.82) is 0 Å². The summed E-state index contributed by atoms with van der Waals surface area (Å²) >= 11 is 1.55. The molecule has 1 N–H and O–H groups in total. The van der Waals surface area contributed by atoms with Gasteiger partial charge in [0.05, 0.1) is 9.85 Å². The van der Waals surface area contributed by atoms with Gasteiger partial charge in [-0.3, -0.25) is 40.0 Å². The molecule has 2 heterocycles. The Bertz CT molecular complexity index is 1680. The first-order valence-electron chi connectivity index (χ1n) is 10.3. The van der Waals surface area contributed by atoms with Gasteiger partial charge in [0.2, 0.25) is 0 Å².